The third-order valence-corrected chi connectivity index (χ3v) is 7.88. The Kier molecular flexibility index (Phi) is 4.54. The highest BCUT2D eigenvalue weighted by molar-refractivity contribution is 7.91. The largest absolute Gasteiger partial charge is 0.296 e. The van der Waals surface area contributed by atoms with Crippen LogP contribution in [0.15, 0.2) is 28.6 Å². The Morgan fingerprint density at radius 1 is 1.23 bits per heavy atom. The summed E-state index contributed by atoms with van der Waals surface area (Å²) >= 11 is 0.866. The molecule has 2 N–H and O–H groups in total. The number of amides is 1. The molecular formula is C17H20N4O3S2. The van der Waals surface area contributed by atoms with Gasteiger partial charge in [-0.25, -0.2) is 13.1 Å². The highest BCUT2D eigenvalue weighted by Gasteiger charge is 2.41. The molecule has 2 fully saturated rings. The van der Waals surface area contributed by atoms with Crippen molar-refractivity contribution in [2.45, 2.75) is 43.0 Å². The molecule has 2 aromatic rings. The van der Waals surface area contributed by atoms with Crippen molar-refractivity contribution in [1.82, 2.24) is 14.9 Å². The van der Waals surface area contributed by atoms with Gasteiger partial charge in [0.15, 0.2) is 0 Å². The maximum Gasteiger partial charge on any atom is 0.270 e. The molecule has 1 amide bonds. The van der Waals surface area contributed by atoms with Crippen LogP contribution in [0.4, 0.5) is 5.13 Å². The van der Waals surface area contributed by atoms with Gasteiger partial charge in [0.05, 0.1) is 0 Å². The van der Waals surface area contributed by atoms with Crippen LogP contribution in [0.5, 0.6) is 0 Å². The number of anilines is 1. The van der Waals surface area contributed by atoms with Crippen molar-refractivity contribution in [2.75, 3.05) is 5.32 Å². The van der Waals surface area contributed by atoms with E-state index in [0.29, 0.717) is 17.4 Å². The normalized spacial score (nSPS) is 24.7. The molecule has 7 nitrogen and oxygen atoms in total. The lowest BCUT2D eigenvalue weighted by atomic mass is 9.96. The molecule has 0 unspecified atom stereocenters. The number of rotatable bonds is 5. The van der Waals surface area contributed by atoms with Crippen molar-refractivity contribution < 1.29 is 13.2 Å². The summed E-state index contributed by atoms with van der Waals surface area (Å²) in [5.41, 5.74) is 1.46. The minimum absolute atomic E-state index is 0.00650. The molecule has 1 aromatic carbocycles. The first kappa shape index (κ1) is 17.6. The molecule has 0 aliphatic heterocycles. The summed E-state index contributed by atoms with van der Waals surface area (Å²) < 4.78 is 27.8. The van der Waals surface area contributed by atoms with Crippen LogP contribution in [0.1, 0.15) is 41.6 Å². The summed E-state index contributed by atoms with van der Waals surface area (Å²) in [5.74, 6) is 0.740. The van der Waals surface area contributed by atoms with Crippen molar-refractivity contribution in [3.63, 3.8) is 0 Å². The lowest BCUT2D eigenvalue weighted by molar-refractivity contribution is 0.102. The average Bonchev–Trinajstić information content (AvgIpc) is 3.31. The molecule has 1 aromatic heterocycles. The number of carbonyl (C=O) groups excluding carboxylic acids is 1. The monoisotopic (exact) mass is 392 g/mol. The van der Waals surface area contributed by atoms with E-state index in [0.717, 1.165) is 36.2 Å². The summed E-state index contributed by atoms with van der Waals surface area (Å²) in [6.45, 7) is 1.90. The molecule has 2 aliphatic carbocycles. The minimum atomic E-state index is -3.71. The summed E-state index contributed by atoms with van der Waals surface area (Å²) in [6, 6.07) is 7.13. The molecule has 9 heteroatoms. The van der Waals surface area contributed by atoms with Gasteiger partial charge >= 0.3 is 0 Å². The SMILES string of the molecule is Cc1cccc(C(=O)Nc2nnc(S(=O)(=O)N[C@@H]3C[C@@H]4CC[C@@H]3C4)s2)c1. The van der Waals surface area contributed by atoms with E-state index < -0.39 is 10.0 Å². The van der Waals surface area contributed by atoms with Gasteiger partial charge in [-0.15, -0.1) is 10.2 Å². The highest BCUT2D eigenvalue weighted by atomic mass is 32.2. The molecule has 3 atom stereocenters. The number of carbonyl (C=O) groups is 1. The average molecular weight is 393 g/mol. The molecule has 26 heavy (non-hydrogen) atoms. The molecule has 0 radical (unpaired) electrons. The summed E-state index contributed by atoms with van der Waals surface area (Å²) in [4.78, 5) is 12.3. The van der Waals surface area contributed by atoms with Gasteiger partial charge in [0, 0.05) is 11.6 Å². The first-order chi connectivity index (χ1) is 12.4. The first-order valence-electron chi connectivity index (χ1n) is 8.64. The molecule has 2 aliphatic rings. The Hall–Kier alpha value is -1.84. The number of fused-ring (bicyclic) bond motifs is 2. The number of aryl methyl sites for hydroxylation is 1. The number of hydrogen-bond donors (Lipinski definition) is 2. The Morgan fingerprint density at radius 2 is 2.08 bits per heavy atom. The molecule has 1 heterocycles. The number of sulfonamides is 1. The summed E-state index contributed by atoms with van der Waals surface area (Å²) in [5, 5.41) is 10.4. The first-order valence-corrected chi connectivity index (χ1v) is 10.9. The van der Waals surface area contributed by atoms with Gasteiger partial charge in [-0.3, -0.25) is 10.1 Å². The third-order valence-electron chi connectivity index (χ3n) is 5.18. The second-order valence-electron chi connectivity index (χ2n) is 7.10. The summed E-state index contributed by atoms with van der Waals surface area (Å²) in [6.07, 6.45) is 4.31. The van der Waals surface area contributed by atoms with Crippen molar-refractivity contribution in [1.29, 1.82) is 0 Å². The van der Waals surface area contributed by atoms with Crippen LogP contribution < -0.4 is 10.0 Å². The second-order valence-corrected chi connectivity index (χ2v) is 9.96. The predicted octanol–water partition coefficient (Wildman–Crippen LogP) is 2.57. The van der Waals surface area contributed by atoms with Gasteiger partial charge in [0.1, 0.15) is 0 Å². The Labute approximate surface area is 156 Å². The van der Waals surface area contributed by atoms with Gasteiger partial charge in [-0.1, -0.05) is 35.5 Å². The topological polar surface area (TPSA) is 101 Å². The van der Waals surface area contributed by atoms with Gasteiger partial charge in [-0.2, -0.15) is 0 Å². The van der Waals surface area contributed by atoms with E-state index >= 15 is 0 Å². The Morgan fingerprint density at radius 3 is 2.77 bits per heavy atom. The van der Waals surface area contributed by atoms with E-state index in [2.05, 4.69) is 20.2 Å². The molecule has 0 spiro atoms. The van der Waals surface area contributed by atoms with Crippen LogP contribution >= 0.6 is 11.3 Å². The van der Waals surface area contributed by atoms with E-state index in [9.17, 15) is 13.2 Å². The maximum absolute atomic E-state index is 12.6. The fraction of sp³-hybridized carbons (Fsp3) is 0.471. The number of nitrogens with one attached hydrogen (secondary N) is 2. The number of benzene rings is 1. The highest BCUT2D eigenvalue weighted by Crippen LogP contribution is 2.44. The van der Waals surface area contributed by atoms with E-state index in [1.54, 1.807) is 18.2 Å². The van der Waals surface area contributed by atoms with Crippen molar-refractivity contribution in [2.24, 2.45) is 11.8 Å². The standard InChI is InChI=1S/C17H20N4O3S2/c1-10-3-2-4-13(7-10)15(22)18-16-19-20-17(25-16)26(23,24)21-14-9-11-5-6-12(14)8-11/h2-4,7,11-12,14,21H,5-6,8-9H2,1H3,(H,18,19,22)/t11-,12-,14-/m1/s1. The van der Waals surface area contributed by atoms with Crippen LogP contribution in [0, 0.1) is 18.8 Å². The zero-order valence-corrected chi connectivity index (χ0v) is 15.9. The van der Waals surface area contributed by atoms with E-state index in [1.807, 2.05) is 13.0 Å². The second kappa shape index (κ2) is 6.71. The Bertz CT molecular complexity index is 941. The van der Waals surface area contributed by atoms with Crippen molar-refractivity contribution >= 4 is 32.4 Å². The number of hydrogen-bond acceptors (Lipinski definition) is 6. The quantitative estimate of drug-likeness (QED) is 0.762. The minimum Gasteiger partial charge on any atom is -0.296 e. The zero-order chi connectivity index (χ0) is 18.3. The van der Waals surface area contributed by atoms with E-state index in [4.69, 9.17) is 0 Å². The van der Waals surface area contributed by atoms with Crippen LogP contribution in [0.3, 0.4) is 0 Å². The molecule has 0 saturated heterocycles. The Balaban J connectivity index is 1.44. The predicted molar refractivity (Wildman–Crippen MR) is 98.6 cm³/mol. The van der Waals surface area contributed by atoms with Gasteiger partial charge in [0.2, 0.25) is 9.47 Å². The van der Waals surface area contributed by atoms with Gasteiger partial charge < -0.3 is 0 Å². The number of aromatic nitrogens is 2. The van der Waals surface area contributed by atoms with Crippen LogP contribution in [-0.4, -0.2) is 30.6 Å². The van der Waals surface area contributed by atoms with E-state index in [1.165, 1.54) is 6.42 Å². The lowest BCUT2D eigenvalue weighted by Crippen LogP contribution is -2.38. The van der Waals surface area contributed by atoms with Crippen LogP contribution in [0.25, 0.3) is 0 Å². The van der Waals surface area contributed by atoms with Crippen molar-refractivity contribution in [3.8, 4) is 0 Å². The fourth-order valence-electron chi connectivity index (χ4n) is 3.96. The molecule has 138 valence electrons. The van der Waals surface area contributed by atoms with Gasteiger partial charge in [0.25, 0.3) is 15.9 Å². The maximum atomic E-state index is 12.6. The fourth-order valence-corrected chi connectivity index (χ4v) is 6.19. The lowest BCUT2D eigenvalue weighted by Gasteiger charge is -2.21. The summed E-state index contributed by atoms with van der Waals surface area (Å²) in [7, 11) is -3.71. The van der Waals surface area contributed by atoms with Crippen LogP contribution in [0.2, 0.25) is 0 Å². The van der Waals surface area contributed by atoms with Crippen LogP contribution in [-0.2, 0) is 10.0 Å². The molecule has 2 saturated carbocycles. The number of nitrogens with zero attached hydrogens (tertiary/aromatic N) is 2. The smallest absolute Gasteiger partial charge is 0.270 e. The van der Waals surface area contributed by atoms with Crippen molar-refractivity contribution in [3.05, 3.63) is 35.4 Å². The van der Waals surface area contributed by atoms with Gasteiger partial charge in [-0.05, 0) is 50.2 Å². The molecule has 2 bridgehead atoms. The van der Waals surface area contributed by atoms with E-state index in [-0.39, 0.29) is 21.4 Å². The zero-order valence-electron chi connectivity index (χ0n) is 14.3. The molecular weight excluding hydrogens is 372 g/mol. The molecule has 4 rings (SSSR count). The third kappa shape index (κ3) is 3.51.